The van der Waals surface area contributed by atoms with E-state index in [2.05, 4.69) is 26.2 Å². The average molecular weight is 497 g/mol. The van der Waals surface area contributed by atoms with Gasteiger partial charge in [-0.15, -0.1) is 0 Å². The molecule has 0 saturated carbocycles. The van der Waals surface area contributed by atoms with E-state index in [-0.39, 0.29) is 23.9 Å². The minimum absolute atomic E-state index is 0.179. The zero-order chi connectivity index (χ0) is 20.8. The van der Waals surface area contributed by atoms with Gasteiger partial charge in [-0.05, 0) is 36.8 Å². The van der Waals surface area contributed by atoms with Crippen molar-refractivity contribution in [2.45, 2.75) is 30.3 Å². The van der Waals surface area contributed by atoms with Crippen LogP contribution in [0.2, 0.25) is 5.02 Å². The number of hydrogen-bond acceptors (Lipinski definition) is 4. The quantitative estimate of drug-likeness (QED) is 0.706. The third kappa shape index (κ3) is 3.86. The Bertz CT molecular complexity index is 1110. The van der Waals surface area contributed by atoms with Gasteiger partial charge in [-0.1, -0.05) is 45.7 Å². The first-order valence-electron chi connectivity index (χ1n) is 9.15. The van der Waals surface area contributed by atoms with Gasteiger partial charge in [0.2, 0.25) is 10.0 Å². The Morgan fingerprint density at radius 1 is 1.14 bits per heavy atom. The molecule has 1 spiro atoms. The van der Waals surface area contributed by atoms with Crippen molar-refractivity contribution in [3.63, 3.8) is 0 Å². The minimum Gasteiger partial charge on any atom is -0.326 e. The summed E-state index contributed by atoms with van der Waals surface area (Å²) in [6.07, 6.45) is 0.829. The predicted molar refractivity (Wildman–Crippen MR) is 116 cm³/mol. The highest BCUT2D eigenvalue weighted by atomic mass is 79.9. The number of piperidine rings is 1. The molecular formula is C20H19BrClN3O3S. The number of hydrogen-bond donors (Lipinski definition) is 1. The fourth-order valence-corrected chi connectivity index (χ4v) is 5.56. The van der Waals surface area contributed by atoms with Crippen molar-refractivity contribution in [1.82, 2.24) is 9.62 Å². The van der Waals surface area contributed by atoms with E-state index in [1.165, 1.54) is 10.4 Å². The van der Waals surface area contributed by atoms with Crippen molar-refractivity contribution in [3.05, 3.63) is 63.1 Å². The van der Waals surface area contributed by atoms with Crippen LogP contribution in [0.1, 0.15) is 24.0 Å². The van der Waals surface area contributed by atoms with Crippen molar-refractivity contribution < 1.29 is 13.2 Å². The first kappa shape index (κ1) is 20.5. The molecule has 0 radical (unpaired) electrons. The van der Waals surface area contributed by atoms with E-state index < -0.39 is 15.7 Å². The molecule has 0 aliphatic carbocycles. The van der Waals surface area contributed by atoms with Crippen molar-refractivity contribution in [3.8, 4) is 0 Å². The summed E-state index contributed by atoms with van der Waals surface area (Å²) in [6, 6.07) is 12.1. The highest BCUT2D eigenvalue weighted by Gasteiger charge is 2.44. The second-order valence-electron chi connectivity index (χ2n) is 7.27. The van der Waals surface area contributed by atoms with Gasteiger partial charge in [0.15, 0.2) is 0 Å². The topological polar surface area (TPSA) is 78.8 Å². The van der Waals surface area contributed by atoms with Gasteiger partial charge < -0.3 is 5.32 Å². The largest absolute Gasteiger partial charge is 0.326 e. The van der Waals surface area contributed by atoms with E-state index >= 15 is 0 Å². The summed E-state index contributed by atoms with van der Waals surface area (Å²) in [7, 11) is -3.65. The molecule has 1 fully saturated rings. The van der Waals surface area contributed by atoms with Crippen LogP contribution in [0.25, 0.3) is 0 Å². The summed E-state index contributed by atoms with van der Waals surface area (Å²) in [5.41, 5.74) is 1.20. The van der Waals surface area contributed by atoms with Crippen molar-refractivity contribution in [2.75, 3.05) is 13.1 Å². The zero-order valence-electron chi connectivity index (χ0n) is 15.7. The lowest BCUT2D eigenvalue weighted by Crippen LogP contribution is -2.52. The number of benzene rings is 2. The first-order valence-corrected chi connectivity index (χ1v) is 11.8. The third-order valence-corrected chi connectivity index (χ3v) is 8.17. The molecule has 0 unspecified atom stereocenters. The van der Waals surface area contributed by atoms with Gasteiger partial charge in [0.05, 0.1) is 4.90 Å². The normalized spacial score (nSPS) is 19.3. The molecule has 152 valence electrons. The van der Waals surface area contributed by atoms with Crippen molar-refractivity contribution in [1.29, 1.82) is 0 Å². The van der Waals surface area contributed by atoms with Crippen LogP contribution in [0.15, 0.2) is 56.8 Å². The third-order valence-electron chi connectivity index (χ3n) is 5.34. The van der Waals surface area contributed by atoms with Gasteiger partial charge in [-0.25, -0.2) is 8.42 Å². The summed E-state index contributed by atoms with van der Waals surface area (Å²) in [5, 5.41) is 3.39. The van der Waals surface area contributed by atoms with Crippen LogP contribution in [0, 0.1) is 6.92 Å². The predicted octanol–water partition coefficient (Wildman–Crippen LogP) is 3.51. The number of halogens is 2. The fraction of sp³-hybridized carbons (Fsp3) is 0.300. The second-order valence-corrected chi connectivity index (χ2v) is 10.5. The molecule has 1 amide bonds. The molecule has 2 heterocycles. The first-order chi connectivity index (χ1) is 13.7. The maximum absolute atomic E-state index is 13.0. The number of aryl methyl sites for hydroxylation is 1. The molecule has 1 N–H and O–H groups in total. The Balaban J connectivity index is 1.53. The molecule has 2 aliphatic rings. The Hall–Kier alpha value is -1.74. The molecule has 6 nitrogen and oxygen atoms in total. The van der Waals surface area contributed by atoms with Crippen LogP contribution < -0.4 is 5.32 Å². The van der Waals surface area contributed by atoms with Gasteiger partial charge in [0.25, 0.3) is 5.91 Å². The standard InChI is InChI=1S/C20H19BrClN3O3S/c1-13-2-7-16(12-17(13)22)29(27,28)25-10-8-20(9-11-25)23-18(19(26)24-20)14-3-5-15(21)6-4-14/h2-7,12H,8-11H2,1H3,(H,24,26). The number of sulfonamides is 1. The lowest BCUT2D eigenvalue weighted by molar-refractivity contribution is -0.115. The van der Waals surface area contributed by atoms with Gasteiger partial charge in [0, 0.05) is 41.0 Å². The molecule has 0 bridgehead atoms. The number of amides is 1. The van der Waals surface area contributed by atoms with E-state index in [1.54, 1.807) is 12.1 Å². The lowest BCUT2D eigenvalue weighted by Gasteiger charge is -2.36. The van der Waals surface area contributed by atoms with Crippen LogP contribution >= 0.6 is 27.5 Å². The summed E-state index contributed by atoms with van der Waals surface area (Å²) in [5.74, 6) is -0.228. The SMILES string of the molecule is Cc1ccc(S(=O)(=O)N2CCC3(CC2)N=C(c2ccc(Br)cc2)C(=O)N3)cc1Cl. The number of rotatable bonds is 3. The Morgan fingerprint density at radius 2 is 1.79 bits per heavy atom. The van der Waals surface area contributed by atoms with Crippen LogP contribution in [0.5, 0.6) is 0 Å². The Labute approximate surface area is 183 Å². The zero-order valence-corrected chi connectivity index (χ0v) is 18.8. The van der Waals surface area contributed by atoms with Gasteiger partial charge in [-0.3, -0.25) is 9.79 Å². The summed E-state index contributed by atoms with van der Waals surface area (Å²) < 4.78 is 28.3. The second kappa shape index (κ2) is 7.50. The van der Waals surface area contributed by atoms with Gasteiger partial charge in [0.1, 0.15) is 11.4 Å². The summed E-state index contributed by atoms with van der Waals surface area (Å²) in [6.45, 7) is 2.36. The average Bonchev–Trinajstić information content (AvgIpc) is 3.00. The fourth-order valence-electron chi connectivity index (χ4n) is 3.58. The van der Waals surface area contributed by atoms with Gasteiger partial charge >= 0.3 is 0 Å². The van der Waals surface area contributed by atoms with Gasteiger partial charge in [-0.2, -0.15) is 4.31 Å². The van der Waals surface area contributed by atoms with Crippen LogP contribution in [-0.4, -0.2) is 43.1 Å². The highest BCUT2D eigenvalue weighted by Crippen LogP contribution is 2.32. The maximum atomic E-state index is 13.0. The smallest absolute Gasteiger partial charge is 0.272 e. The highest BCUT2D eigenvalue weighted by molar-refractivity contribution is 9.10. The summed E-state index contributed by atoms with van der Waals surface area (Å²) in [4.78, 5) is 17.4. The molecule has 2 aromatic carbocycles. The van der Waals surface area contributed by atoms with Crippen LogP contribution in [0.3, 0.4) is 0 Å². The maximum Gasteiger partial charge on any atom is 0.272 e. The molecule has 0 aromatic heterocycles. The molecule has 2 aliphatic heterocycles. The lowest BCUT2D eigenvalue weighted by atomic mass is 10.00. The van der Waals surface area contributed by atoms with E-state index in [0.29, 0.717) is 23.6 Å². The van der Waals surface area contributed by atoms with E-state index in [4.69, 9.17) is 11.6 Å². The van der Waals surface area contributed by atoms with Crippen molar-refractivity contribution >= 4 is 49.2 Å². The summed E-state index contributed by atoms with van der Waals surface area (Å²) >= 11 is 9.49. The number of carbonyl (C=O) groups is 1. The number of nitrogens with zero attached hydrogens (tertiary/aromatic N) is 2. The number of carbonyl (C=O) groups excluding carboxylic acids is 1. The molecule has 4 rings (SSSR count). The molecule has 0 atom stereocenters. The Morgan fingerprint density at radius 3 is 2.41 bits per heavy atom. The molecule has 2 aromatic rings. The Kier molecular flexibility index (Phi) is 5.31. The van der Waals surface area contributed by atoms with Crippen LogP contribution in [-0.2, 0) is 14.8 Å². The number of nitrogens with one attached hydrogen (secondary N) is 1. The van der Waals surface area contributed by atoms with E-state index in [1.807, 2.05) is 31.2 Å². The molecule has 1 saturated heterocycles. The molecule has 9 heteroatoms. The van der Waals surface area contributed by atoms with Crippen LogP contribution in [0.4, 0.5) is 0 Å². The number of aliphatic imine (C=N–C) groups is 1. The van der Waals surface area contributed by atoms with E-state index in [0.717, 1.165) is 15.6 Å². The monoisotopic (exact) mass is 495 g/mol. The minimum atomic E-state index is -3.65. The molecular weight excluding hydrogens is 478 g/mol. The van der Waals surface area contributed by atoms with E-state index in [9.17, 15) is 13.2 Å². The van der Waals surface area contributed by atoms with Crippen molar-refractivity contribution in [2.24, 2.45) is 4.99 Å². The molecule has 29 heavy (non-hydrogen) atoms.